The molecule has 3 aromatic carbocycles. The first-order valence-electron chi connectivity index (χ1n) is 12.7. The van der Waals surface area contributed by atoms with Crippen LogP contribution in [0, 0.1) is 6.92 Å². The van der Waals surface area contributed by atoms with E-state index in [2.05, 4.69) is 117 Å². The topological polar surface area (TPSA) is 3.88 Å². The van der Waals surface area contributed by atoms with Gasteiger partial charge in [-0.2, -0.15) is 0 Å². The summed E-state index contributed by atoms with van der Waals surface area (Å²) in [5.74, 6) is 0. The predicted molar refractivity (Wildman–Crippen MR) is 150 cm³/mol. The van der Waals surface area contributed by atoms with Gasteiger partial charge in [-0.1, -0.05) is 107 Å². The first kappa shape index (κ1) is 21.8. The van der Waals surface area contributed by atoms with E-state index in [1.165, 1.54) is 52.9 Å². The molecule has 3 heterocycles. The number of benzene rings is 3. The number of aryl methyl sites for hydroxylation is 2. The summed E-state index contributed by atoms with van der Waals surface area (Å²) in [6.07, 6.45) is 5.02. The van der Waals surface area contributed by atoms with E-state index in [1.807, 2.05) is 0 Å². The average Bonchev–Trinajstić information content (AvgIpc) is 3.35. The molecule has 1 fully saturated rings. The molecule has 0 unspecified atom stereocenters. The van der Waals surface area contributed by atoms with E-state index in [0.29, 0.717) is 0 Å². The summed E-state index contributed by atoms with van der Waals surface area (Å²) < 4.78 is 2.25. The lowest BCUT2D eigenvalue weighted by Crippen LogP contribution is -2.78. The summed E-state index contributed by atoms with van der Waals surface area (Å²) in [7, 11) is -1.22. The standard InChI is InChI=1S/C31H34NSi2/c1-23-11-5-6-12-26(23)27-21-25(17-18-32(27)2)24-15-16-29-31(22-24)34(19-9-10-20-34)30-14-8-7-13-28(30)33(29,3)4/h5-8,11-18,21-22H,9-10,19-20H2,1-4H3/q+1. The Morgan fingerprint density at radius 3 is 2.09 bits per heavy atom. The largest absolute Gasteiger partial charge is 0.213 e. The maximum absolute atomic E-state index is 2.63. The highest BCUT2D eigenvalue weighted by atomic mass is 28.3. The van der Waals surface area contributed by atoms with Crippen LogP contribution in [0.3, 0.4) is 0 Å². The molecule has 0 N–H and O–H groups in total. The van der Waals surface area contributed by atoms with Gasteiger partial charge in [-0.25, -0.2) is 4.57 Å². The predicted octanol–water partition coefficient (Wildman–Crippen LogP) is 4.65. The Kier molecular flexibility index (Phi) is 5.05. The molecule has 0 saturated carbocycles. The van der Waals surface area contributed by atoms with Crippen LogP contribution in [0.2, 0.25) is 25.2 Å². The van der Waals surface area contributed by atoms with Crippen LogP contribution in [0.1, 0.15) is 18.4 Å². The van der Waals surface area contributed by atoms with Gasteiger partial charge in [-0.05, 0) is 41.8 Å². The SMILES string of the molecule is Cc1ccccc1-c1cc(-c2ccc3c(c2)[Si]2(CCCC2)c2ccccc2[Si]3(C)C)cc[n+]1C. The summed E-state index contributed by atoms with van der Waals surface area (Å²) in [6, 6.07) is 33.4. The highest BCUT2D eigenvalue weighted by Crippen LogP contribution is 2.33. The second-order valence-corrected chi connectivity index (χ2v) is 19.5. The molecule has 3 heteroatoms. The molecule has 6 rings (SSSR count). The van der Waals surface area contributed by atoms with Gasteiger partial charge in [-0.15, -0.1) is 0 Å². The third-order valence-electron chi connectivity index (χ3n) is 8.69. The first-order valence-corrected chi connectivity index (χ1v) is 18.1. The van der Waals surface area contributed by atoms with Gasteiger partial charge in [0.15, 0.2) is 6.20 Å². The van der Waals surface area contributed by atoms with Gasteiger partial charge in [-0.3, -0.25) is 0 Å². The van der Waals surface area contributed by atoms with E-state index >= 15 is 0 Å². The van der Waals surface area contributed by atoms with Crippen LogP contribution in [0.5, 0.6) is 0 Å². The highest BCUT2D eigenvalue weighted by Gasteiger charge is 2.50. The van der Waals surface area contributed by atoms with Gasteiger partial charge >= 0.3 is 0 Å². The third-order valence-corrected chi connectivity index (χ3v) is 18.1. The lowest BCUT2D eigenvalue weighted by atomic mass is 10.0. The second-order valence-electron chi connectivity index (χ2n) is 10.9. The molecule has 0 bridgehead atoms. The highest BCUT2D eigenvalue weighted by molar-refractivity contribution is 7.17. The van der Waals surface area contributed by atoms with Crippen LogP contribution in [-0.2, 0) is 7.05 Å². The van der Waals surface area contributed by atoms with Crippen molar-refractivity contribution < 1.29 is 4.57 Å². The van der Waals surface area contributed by atoms with Gasteiger partial charge in [0, 0.05) is 17.7 Å². The smallest absolute Gasteiger partial charge is 0.201 e. The lowest BCUT2D eigenvalue weighted by Gasteiger charge is -2.43. The molecule has 2 aliphatic rings. The summed E-state index contributed by atoms with van der Waals surface area (Å²) in [5, 5.41) is 6.97. The van der Waals surface area contributed by atoms with E-state index in [1.54, 1.807) is 20.7 Å². The van der Waals surface area contributed by atoms with Crippen molar-refractivity contribution in [3.8, 4) is 22.4 Å². The fraction of sp³-hybridized carbons (Fsp3) is 0.258. The molecule has 1 nitrogen and oxygen atoms in total. The van der Waals surface area contributed by atoms with Gasteiger partial charge in [0.1, 0.15) is 23.2 Å². The molecule has 1 spiro atoms. The summed E-state index contributed by atoms with van der Waals surface area (Å²) in [6.45, 7) is 7.35. The zero-order valence-electron chi connectivity index (χ0n) is 20.9. The van der Waals surface area contributed by atoms with Crippen molar-refractivity contribution in [1.29, 1.82) is 0 Å². The van der Waals surface area contributed by atoms with E-state index < -0.39 is 16.1 Å². The Bertz CT molecular complexity index is 1410. The molecule has 4 aromatic rings. The van der Waals surface area contributed by atoms with Gasteiger partial charge < -0.3 is 0 Å². The van der Waals surface area contributed by atoms with Crippen molar-refractivity contribution in [2.24, 2.45) is 7.05 Å². The monoisotopic (exact) mass is 476 g/mol. The van der Waals surface area contributed by atoms with Crippen molar-refractivity contribution in [3.05, 3.63) is 90.6 Å². The van der Waals surface area contributed by atoms with E-state index in [9.17, 15) is 0 Å². The van der Waals surface area contributed by atoms with Crippen LogP contribution < -0.4 is 25.3 Å². The summed E-state index contributed by atoms with van der Waals surface area (Å²) in [5.41, 5.74) is 6.63. The van der Waals surface area contributed by atoms with Gasteiger partial charge in [0.05, 0.1) is 0 Å². The van der Waals surface area contributed by atoms with Gasteiger partial charge in [0.2, 0.25) is 5.69 Å². The number of aromatic nitrogens is 1. The maximum Gasteiger partial charge on any atom is 0.213 e. The Morgan fingerprint density at radius 1 is 0.676 bits per heavy atom. The quantitative estimate of drug-likeness (QED) is 0.293. The number of rotatable bonds is 2. The minimum atomic E-state index is -1.70. The second kappa shape index (κ2) is 7.89. The molecule has 0 atom stereocenters. The fourth-order valence-corrected chi connectivity index (χ4v) is 18.3. The van der Waals surface area contributed by atoms with Crippen LogP contribution in [0.15, 0.2) is 85.1 Å². The molecular weight excluding hydrogens is 443 g/mol. The van der Waals surface area contributed by atoms with E-state index in [0.717, 1.165) is 0 Å². The van der Waals surface area contributed by atoms with Crippen molar-refractivity contribution >= 4 is 36.9 Å². The van der Waals surface area contributed by atoms with Gasteiger partial charge in [0.25, 0.3) is 0 Å². The van der Waals surface area contributed by atoms with E-state index in [-0.39, 0.29) is 0 Å². The maximum atomic E-state index is 2.63. The Hall–Kier alpha value is -2.76. The number of nitrogens with zero attached hydrogens (tertiary/aromatic N) is 1. The average molecular weight is 477 g/mol. The zero-order chi connectivity index (χ0) is 23.5. The molecular formula is C31H34NSi2+. The Balaban J connectivity index is 1.55. The van der Waals surface area contributed by atoms with E-state index in [4.69, 9.17) is 0 Å². The van der Waals surface area contributed by atoms with Crippen LogP contribution in [0.25, 0.3) is 22.4 Å². The minimum Gasteiger partial charge on any atom is -0.201 e. The molecule has 1 saturated heterocycles. The number of hydrogen-bond donors (Lipinski definition) is 0. The fourth-order valence-electron chi connectivity index (χ4n) is 6.79. The minimum absolute atomic E-state index is 1.28. The van der Waals surface area contributed by atoms with Crippen molar-refractivity contribution in [3.63, 3.8) is 0 Å². The van der Waals surface area contributed by atoms with Crippen LogP contribution >= 0.6 is 0 Å². The number of fused-ring (bicyclic) bond motifs is 4. The summed E-state index contributed by atoms with van der Waals surface area (Å²) in [4.78, 5) is 0. The zero-order valence-corrected chi connectivity index (χ0v) is 22.9. The normalized spacial score (nSPS) is 17.4. The van der Waals surface area contributed by atoms with Crippen LogP contribution in [-0.4, -0.2) is 16.1 Å². The molecule has 170 valence electrons. The van der Waals surface area contributed by atoms with Crippen molar-refractivity contribution in [1.82, 2.24) is 0 Å². The molecule has 1 aromatic heterocycles. The number of hydrogen-bond acceptors (Lipinski definition) is 0. The summed E-state index contributed by atoms with van der Waals surface area (Å²) >= 11 is 0. The Labute approximate surface area is 206 Å². The van der Waals surface area contributed by atoms with Crippen molar-refractivity contribution in [2.45, 2.75) is 44.9 Å². The third kappa shape index (κ3) is 3.14. The number of pyridine rings is 1. The molecule has 0 radical (unpaired) electrons. The first-order chi connectivity index (χ1) is 16.4. The van der Waals surface area contributed by atoms with Crippen molar-refractivity contribution in [2.75, 3.05) is 0 Å². The molecule has 0 aliphatic carbocycles. The molecule has 34 heavy (non-hydrogen) atoms. The Morgan fingerprint density at radius 2 is 1.32 bits per heavy atom. The lowest BCUT2D eigenvalue weighted by molar-refractivity contribution is -0.660. The van der Waals surface area contributed by atoms with Crippen LogP contribution in [0.4, 0.5) is 0 Å². The molecule has 2 aliphatic heterocycles. The molecule has 0 amide bonds.